The fourth-order valence-electron chi connectivity index (χ4n) is 2.86. The summed E-state index contributed by atoms with van der Waals surface area (Å²) in [5, 5.41) is 17.2. The van der Waals surface area contributed by atoms with Gasteiger partial charge in [-0.25, -0.2) is 13.6 Å². The Morgan fingerprint density at radius 2 is 1.78 bits per heavy atom. The number of carbonyl (C=O) groups excluding carboxylic acids is 1. The molecule has 3 aromatic carbocycles. The molecular formula is C22H17BrClN3O4S. The number of carbonyl (C=O) groups is 1. The molecule has 7 nitrogen and oxygen atoms in total. The number of halogens is 2. The normalized spacial score (nSPS) is 10.9. The second-order valence-corrected chi connectivity index (χ2v) is 9.79. The zero-order chi connectivity index (χ0) is 23.3. The number of benzene rings is 3. The number of nitrogens with two attached hydrogens (primary N) is 1. The Balaban J connectivity index is 1.63. The molecule has 0 aliphatic rings. The summed E-state index contributed by atoms with van der Waals surface area (Å²) in [5.41, 5.74) is 2.21. The Kier molecular flexibility index (Phi) is 7.53. The van der Waals surface area contributed by atoms with Crippen molar-refractivity contribution in [3.05, 3.63) is 86.8 Å². The third kappa shape index (κ3) is 7.07. The number of rotatable bonds is 7. The van der Waals surface area contributed by atoms with E-state index in [-0.39, 0.29) is 18.1 Å². The van der Waals surface area contributed by atoms with E-state index in [1.807, 2.05) is 6.07 Å². The Labute approximate surface area is 198 Å². The van der Waals surface area contributed by atoms with Crippen LogP contribution in [0.2, 0.25) is 5.02 Å². The predicted octanol–water partition coefficient (Wildman–Crippen LogP) is 4.74. The quantitative estimate of drug-likeness (QED) is 0.453. The van der Waals surface area contributed by atoms with Gasteiger partial charge in [0.2, 0.25) is 15.9 Å². The largest absolute Gasteiger partial charge is 0.456 e. The maximum Gasteiger partial charge on any atom is 0.228 e. The van der Waals surface area contributed by atoms with Crippen LogP contribution in [0.15, 0.2) is 65.1 Å². The van der Waals surface area contributed by atoms with Crippen molar-refractivity contribution in [3.63, 3.8) is 0 Å². The van der Waals surface area contributed by atoms with Crippen LogP contribution in [0.3, 0.4) is 0 Å². The highest BCUT2D eigenvalue weighted by Gasteiger charge is 2.10. The molecule has 0 unspecified atom stereocenters. The third-order valence-corrected chi connectivity index (χ3v) is 5.77. The highest BCUT2D eigenvalue weighted by atomic mass is 79.9. The van der Waals surface area contributed by atoms with Crippen LogP contribution in [0.1, 0.15) is 16.7 Å². The summed E-state index contributed by atoms with van der Waals surface area (Å²) < 4.78 is 28.7. The van der Waals surface area contributed by atoms with Crippen LogP contribution < -0.4 is 15.2 Å². The minimum absolute atomic E-state index is 0.119. The highest BCUT2D eigenvalue weighted by Crippen LogP contribution is 2.32. The number of ether oxygens (including phenoxy) is 1. The van der Waals surface area contributed by atoms with Crippen LogP contribution in [-0.2, 0) is 27.0 Å². The van der Waals surface area contributed by atoms with Crippen molar-refractivity contribution in [2.24, 2.45) is 5.14 Å². The standard InChI is InChI=1S/C22H17BrClN3O4S/c23-20-9-15(3-6-21(20)31-19-8-16(12-25)7-17(24)11-19)10-22(28)27-18-4-1-14(2-5-18)13-32(26,29)30/h1-9,11H,10,13H2,(H,27,28)(H2,26,29,30). The van der Waals surface area contributed by atoms with Crippen molar-refractivity contribution in [1.29, 1.82) is 5.26 Å². The van der Waals surface area contributed by atoms with E-state index in [1.54, 1.807) is 60.7 Å². The molecular weight excluding hydrogens is 518 g/mol. The van der Waals surface area contributed by atoms with Crippen molar-refractivity contribution >= 4 is 49.1 Å². The fourth-order valence-corrected chi connectivity index (χ4v) is 4.25. The molecule has 0 saturated heterocycles. The minimum atomic E-state index is -3.61. The summed E-state index contributed by atoms with van der Waals surface area (Å²) in [6, 6.07) is 18.4. The lowest BCUT2D eigenvalue weighted by Crippen LogP contribution is -2.15. The maximum absolute atomic E-state index is 12.4. The first-order valence-corrected chi connectivity index (χ1v) is 12.1. The molecule has 0 aliphatic heterocycles. The summed E-state index contributed by atoms with van der Waals surface area (Å²) in [6.07, 6.45) is 0.119. The molecule has 3 aromatic rings. The zero-order valence-corrected chi connectivity index (χ0v) is 19.7. The second-order valence-electron chi connectivity index (χ2n) is 6.88. The van der Waals surface area contributed by atoms with Gasteiger partial charge in [0.05, 0.1) is 28.3 Å². The molecule has 0 saturated carbocycles. The van der Waals surface area contributed by atoms with Crippen LogP contribution >= 0.6 is 27.5 Å². The topological polar surface area (TPSA) is 122 Å². The Morgan fingerprint density at radius 1 is 1.09 bits per heavy atom. The summed E-state index contributed by atoms with van der Waals surface area (Å²) >= 11 is 9.43. The monoisotopic (exact) mass is 533 g/mol. The summed E-state index contributed by atoms with van der Waals surface area (Å²) in [4.78, 5) is 12.4. The van der Waals surface area contributed by atoms with Crippen molar-refractivity contribution in [1.82, 2.24) is 0 Å². The van der Waals surface area contributed by atoms with Crippen LogP contribution in [0.5, 0.6) is 11.5 Å². The minimum Gasteiger partial charge on any atom is -0.456 e. The van der Waals surface area contributed by atoms with Gasteiger partial charge < -0.3 is 10.1 Å². The molecule has 0 bridgehead atoms. The molecule has 10 heteroatoms. The lowest BCUT2D eigenvalue weighted by atomic mass is 10.1. The van der Waals surface area contributed by atoms with Gasteiger partial charge >= 0.3 is 0 Å². The summed E-state index contributed by atoms with van der Waals surface area (Å²) in [6.45, 7) is 0. The number of nitrogens with one attached hydrogen (secondary N) is 1. The van der Waals surface area contributed by atoms with Crippen LogP contribution in [-0.4, -0.2) is 14.3 Å². The SMILES string of the molecule is N#Cc1cc(Cl)cc(Oc2ccc(CC(=O)Nc3ccc(CS(N)(=O)=O)cc3)cc2Br)c1. The first-order chi connectivity index (χ1) is 15.1. The van der Waals surface area contributed by atoms with E-state index in [9.17, 15) is 13.2 Å². The fraction of sp³-hybridized carbons (Fsp3) is 0.0909. The molecule has 0 aliphatic carbocycles. The molecule has 0 heterocycles. The number of primary sulfonamides is 1. The average Bonchev–Trinajstić information content (AvgIpc) is 2.70. The predicted molar refractivity (Wildman–Crippen MR) is 126 cm³/mol. The average molecular weight is 535 g/mol. The van der Waals surface area contributed by atoms with Gasteiger partial charge in [0.25, 0.3) is 0 Å². The molecule has 0 aromatic heterocycles. The molecule has 0 fully saturated rings. The summed E-state index contributed by atoms with van der Waals surface area (Å²) in [7, 11) is -3.61. The van der Waals surface area contributed by atoms with Crippen molar-refractivity contribution in [2.75, 3.05) is 5.32 Å². The number of amides is 1. The van der Waals surface area contributed by atoms with E-state index in [0.29, 0.717) is 37.8 Å². The lowest BCUT2D eigenvalue weighted by Gasteiger charge is -2.11. The van der Waals surface area contributed by atoms with Crippen LogP contribution in [0.25, 0.3) is 0 Å². The molecule has 164 valence electrons. The van der Waals surface area contributed by atoms with Gasteiger partial charge in [0, 0.05) is 10.7 Å². The first-order valence-electron chi connectivity index (χ1n) is 9.17. The lowest BCUT2D eigenvalue weighted by molar-refractivity contribution is -0.115. The Bertz CT molecular complexity index is 1310. The first kappa shape index (κ1) is 23.8. The molecule has 0 radical (unpaired) electrons. The Morgan fingerprint density at radius 3 is 2.41 bits per heavy atom. The van der Waals surface area contributed by atoms with Gasteiger partial charge in [0.1, 0.15) is 11.5 Å². The van der Waals surface area contributed by atoms with Crippen LogP contribution in [0.4, 0.5) is 5.69 Å². The van der Waals surface area contributed by atoms with Gasteiger partial charge in [-0.2, -0.15) is 5.26 Å². The molecule has 32 heavy (non-hydrogen) atoms. The third-order valence-electron chi connectivity index (χ3n) is 4.19. The van der Waals surface area contributed by atoms with Crippen molar-refractivity contribution in [2.45, 2.75) is 12.2 Å². The van der Waals surface area contributed by atoms with Crippen molar-refractivity contribution < 1.29 is 17.9 Å². The smallest absolute Gasteiger partial charge is 0.228 e. The second kappa shape index (κ2) is 10.1. The summed E-state index contributed by atoms with van der Waals surface area (Å²) in [5.74, 6) is 0.423. The number of nitrogens with zero attached hydrogens (tertiary/aromatic N) is 1. The highest BCUT2D eigenvalue weighted by molar-refractivity contribution is 9.10. The van der Waals surface area contributed by atoms with E-state index in [1.165, 1.54) is 0 Å². The van der Waals surface area contributed by atoms with E-state index in [2.05, 4.69) is 21.2 Å². The van der Waals surface area contributed by atoms with E-state index < -0.39 is 10.0 Å². The van der Waals surface area contributed by atoms with E-state index in [0.717, 1.165) is 5.56 Å². The van der Waals surface area contributed by atoms with Gasteiger partial charge in [-0.1, -0.05) is 29.8 Å². The van der Waals surface area contributed by atoms with Crippen LogP contribution in [0, 0.1) is 11.3 Å². The van der Waals surface area contributed by atoms with E-state index in [4.69, 9.17) is 26.7 Å². The molecule has 0 atom stereocenters. The van der Waals surface area contributed by atoms with Gasteiger partial charge in [0.15, 0.2) is 0 Å². The molecule has 3 N–H and O–H groups in total. The molecule has 1 amide bonds. The van der Waals surface area contributed by atoms with Gasteiger partial charge in [-0.15, -0.1) is 0 Å². The van der Waals surface area contributed by atoms with Crippen molar-refractivity contribution in [3.8, 4) is 17.6 Å². The number of sulfonamides is 1. The molecule has 3 rings (SSSR count). The maximum atomic E-state index is 12.4. The molecule has 0 spiro atoms. The van der Waals surface area contributed by atoms with Gasteiger partial charge in [-0.05, 0) is 69.5 Å². The number of nitriles is 1. The number of anilines is 1. The Hall–Kier alpha value is -2.90. The zero-order valence-electron chi connectivity index (χ0n) is 16.5. The van der Waals surface area contributed by atoms with Gasteiger partial charge in [-0.3, -0.25) is 4.79 Å². The number of hydrogen-bond acceptors (Lipinski definition) is 5. The van der Waals surface area contributed by atoms with E-state index >= 15 is 0 Å². The number of hydrogen-bond donors (Lipinski definition) is 2.